The van der Waals surface area contributed by atoms with E-state index in [4.69, 9.17) is 10.5 Å². The smallest absolute Gasteiger partial charge is 0.471 e. The molecule has 1 saturated heterocycles. The fourth-order valence-corrected chi connectivity index (χ4v) is 7.22. The van der Waals surface area contributed by atoms with Gasteiger partial charge in [0.15, 0.2) is 5.96 Å². The number of carbonyl (C=O) groups is 8. The number of aliphatic imine (C=N–C) groups is 1. The second kappa shape index (κ2) is 26.8. The van der Waals surface area contributed by atoms with Gasteiger partial charge in [-0.15, -0.1) is 0 Å². The predicted molar refractivity (Wildman–Crippen MR) is 252 cm³/mol. The number of hydrogen-bond donors (Lipinski definition) is 11. The first-order valence-electron chi connectivity index (χ1n) is 22.1. The number of carbonyl (C=O) groups excluding carboxylic acids is 7. The van der Waals surface area contributed by atoms with Crippen LogP contribution >= 0.6 is 0 Å². The lowest BCUT2D eigenvalue weighted by atomic mass is 9.99. The lowest BCUT2D eigenvalue weighted by molar-refractivity contribution is -0.171. The number of ether oxygens (including phenoxy) is 1. The molecule has 0 aliphatic carbocycles. The van der Waals surface area contributed by atoms with Crippen LogP contribution in [0.4, 0.5) is 19.0 Å². The molecule has 0 saturated carbocycles. The fourth-order valence-electron chi connectivity index (χ4n) is 6.55. The monoisotopic (exact) mass is 1050 g/mol. The second-order valence-electron chi connectivity index (χ2n) is 16.3. The average molecular weight is 1050 g/mol. The number of carboxylic acid groups (broad SMARTS) is 1. The molecule has 2 aromatic carbocycles. The molecule has 0 unspecified atom stereocenters. The first kappa shape index (κ1) is 57.4. The normalized spacial score (nSPS) is 18.5. The van der Waals surface area contributed by atoms with Crippen LogP contribution in [0, 0.1) is 5.92 Å². The summed E-state index contributed by atoms with van der Waals surface area (Å²) in [7, 11) is -4.47. The number of amides is 7. The first-order valence-corrected chi connectivity index (χ1v) is 23.5. The van der Waals surface area contributed by atoms with Gasteiger partial charge in [0.1, 0.15) is 40.6 Å². The van der Waals surface area contributed by atoms with Crippen LogP contribution in [-0.4, -0.2) is 139 Å². The molecule has 7 amide bonds. The Balaban J connectivity index is 1.37. The number of aliphatic carboxylic acids is 1. The summed E-state index contributed by atoms with van der Waals surface area (Å²) in [6.07, 6.45) is -3.87. The molecule has 0 bridgehead atoms. The molecule has 1 aromatic heterocycles. The van der Waals surface area contributed by atoms with Crippen molar-refractivity contribution in [3.05, 3.63) is 83.6 Å². The highest BCUT2D eigenvalue weighted by atomic mass is 32.2. The van der Waals surface area contributed by atoms with Gasteiger partial charge in [0.25, 0.3) is 16.0 Å². The summed E-state index contributed by atoms with van der Waals surface area (Å²) in [5, 5.41) is 29.6. The highest BCUT2D eigenvalue weighted by Gasteiger charge is 2.39. The minimum absolute atomic E-state index is 0.103. The van der Waals surface area contributed by atoms with Gasteiger partial charge in [-0.25, -0.2) is 4.98 Å². The van der Waals surface area contributed by atoms with E-state index in [2.05, 4.69) is 52.4 Å². The third kappa shape index (κ3) is 19.1. The highest BCUT2D eigenvalue weighted by Crippen LogP contribution is 2.17. The first-order chi connectivity index (χ1) is 34.4. The Hall–Kier alpha value is -8.21. The zero-order valence-corrected chi connectivity index (χ0v) is 39.8. The van der Waals surface area contributed by atoms with Crippen LogP contribution in [0.3, 0.4) is 0 Å². The largest absolute Gasteiger partial charge is 0.494 e. The van der Waals surface area contributed by atoms with Gasteiger partial charge in [0.2, 0.25) is 29.5 Å². The maximum Gasteiger partial charge on any atom is 0.471 e. The molecule has 29 heteroatoms. The van der Waals surface area contributed by atoms with E-state index in [0.29, 0.717) is 17.7 Å². The van der Waals surface area contributed by atoms with Crippen LogP contribution in [0.25, 0.3) is 0 Å². The highest BCUT2D eigenvalue weighted by molar-refractivity contribution is 7.86. The molecule has 2 heterocycles. The molecule has 12 N–H and O–H groups in total. The van der Waals surface area contributed by atoms with Crippen molar-refractivity contribution >= 4 is 75.4 Å². The summed E-state index contributed by atoms with van der Waals surface area (Å²) in [6, 6.07) is 8.95. The Morgan fingerprint density at radius 3 is 2.23 bits per heavy atom. The molecular formula is C44H53F3N12O13S. The Kier molecular flexibility index (Phi) is 21.1. The molecule has 73 heavy (non-hydrogen) atoms. The predicted octanol–water partition coefficient (Wildman–Crippen LogP) is -0.511. The number of hydrogen-bond acceptors (Lipinski definition) is 15. The number of carboxylic acids is 1. The van der Waals surface area contributed by atoms with E-state index >= 15 is 0 Å². The van der Waals surface area contributed by atoms with Crippen LogP contribution < -0.4 is 53.1 Å². The minimum Gasteiger partial charge on any atom is -0.494 e. The van der Waals surface area contributed by atoms with E-state index in [9.17, 15) is 69.6 Å². The molecular weight excluding hydrogens is 994 g/mol. The number of alkyl halides is 3. The molecule has 394 valence electrons. The number of benzene rings is 2. The molecule has 1 aliphatic rings. The zero-order valence-electron chi connectivity index (χ0n) is 39.0. The number of anilines is 1. The molecule has 1 aliphatic heterocycles. The van der Waals surface area contributed by atoms with Crippen molar-refractivity contribution in [1.29, 1.82) is 0 Å². The summed E-state index contributed by atoms with van der Waals surface area (Å²) in [4.78, 5) is 110. The van der Waals surface area contributed by atoms with Crippen molar-refractivity contribution in [2.75, 3.05) is 31.7 Å². The van der Waals surface area contributed by atoms with Gasteiger partial charge < -0.3 is 47.5 Å². The van der Waals surface area contributed by atoms with E-state index < -0.39 is 113 Å². The molecule has 4 atom stereocenters. The Morgan fingerprint density at radius 1 is 0.904 bits per heavy atom. The zero-order chi connectivity index (χ0) is 53.9. The van der Waals surface area contributed by atoms with Crippen LogP contribution in [-0.2, 0) is 50.1 Å². The molecule has 1 fully saturated rings. The number of aromatic nitrogens is 1. The Labute approximate surface area is 414 Å². The van der Waals surface area contributed by atoms with Gasteiger partial charge in [-0.3, -0.25) is 58.6 Å². The number of nitrogens with two attached hydrogens (primary N) is 1. The number of nitrogens with one attached hydrogen (secondary N) is 8. The average Bonchev–Trinajstić information content (AvgIpc) is 3.32. The van der Waals surface area contributed by atoms with Gasteiger partial charge in [0.05, 0.1) is 31.4 Å². The van der Waals surface area contributed by atoms with Crippen molar-refractivity contribution in [2.45, 2.75) is 81.2 Å². The van der Waals surface area contributed by atoms with Crippen LogP contribution in [0.15, 0.2) is 81.8 Å². The van der Waals surface area contributed by atoms with Crippen LogP contribution in [0.2, 0.25) is 0 Å². The number of guanidine groups is 1. The van der Waals surface area contributed by atoms with Gasteiger partial charge in [-0.1, -0.05) is 44.2 Å². The molecule has 0 radical (unpaired) electrons. The summed E-state index contributed by atoms with van der Waals surface area (Å²) < 4.78 is 76.1. The lowest BCUT2D eigenvalue weighted by Gasteiger charge is -2.27. The van der Waals surface area contributed by atoms with E-state index in [1.54, 1.807) is 44.2 Å². The molecule has 4 rings (SSSR count). The summed E-state index contributed by atoms with van der Waals surface area (Å²) >= 11 is 0. The van der Waals surface area contributed by atoms with Crippen LogP contribution in [0.1, 0.15) is 61.0 Å². The Morgan fingerprint density at radius 2 is 1.59 bits per heavy atom. The third-order valence-corrected chi connectivity index (χ3v) is 11.2. The summed E-state index contributed by atoms with van der Waals surface area (Å²) in [5.74, 6) is -9.95. The van der Waals surface area contributed by atoms with Crippen molar-refractivity contribution in [3.8, 4) is 5.75 Å². The van der Waals surface area contributed by atoms with Gasteiger partial charge in [-0.05, 0) is 61.1 Å². The number of pyridine rings is 1. The fraction of sp³-hybridized carbons (Fsp3) is 0.386. The number of nitrogens with zero attached hydrogens (tertiary/aromatic N) is 3. The topological polar surface area (TPSA) is 380 Å². The number of rotatable bonds is 19. The van der Waals surface area contributed by atoms with Crippen molar-refractivity contribution in [3.63, 3.8) is 0 Å². The maximum atomic E-state index is 14.0. The van der Waals surface area contributed by atoms with Crippen molar-refractivity contribution in [1.82, 2.24) is 42.2 Å². The van der Waals surface area contributed by atoms with Crippen LogP contribution in [0.5, 0.6) is 5.75 Å². The maximum absolute atomic E-state index is 14.0. The van der Waals surface area contributed by atoms with E-state index in [1.165, 1.54) is 48.1 Å². The number of halogens is 3. The third-order valence-electron chi connectivity index (χ3n) is 10.2. The number of hydrazone groups is 1. The van der Waals surface area contributed by atoms with Gasteiger partial charge in [-0.2, -0.15) is 26.7 Å². The van der Waals surface area contributed by atoms with Gasteiger partial charge in [0, 0.05) is 31.3 Å². The molecule has 0 spiro atoms. The lowest BCUT2D eigenvalue weighted by Crippen LogP contribution is -2.59. The van der Waals surface area contributed by atoms with Crippen molar-refractivity contribution in [2.24, 2.45) is 21.7 Å². The summed E-state index contributed by atoms with van der Waals surface area (Å²) in [6.45, 7) is 2.39. The summed E-state index contributed by atoms with van der Waals surface area (Å²) in [5.41, 5.74) is 8.79. The quantitative estimate of drug-likeness (QED) is 0.0237. The van der Waals surface area contributed by atoms with E-state index in [1.807, 2.05) is 0 Å². The molecule has 25 nitrogen and oxygen atoms in total. The van der Waals surface area contributed by atoms with Crippen molar-refractivity contribution < 1.29 is 74.3 Å². The van der Waals surface area contributed by atoms with E-state index in [-0.39, 0.29) is 60.8 Å². The second-order valence-corrected chi connectivity index (χ2v) is 17.7. The molecule has 3 aromatic rings. The van der Waals surface area contributed by atoms with E-state index in [0.717, 1.165) is 0 Å². The van der Waals surface area contributed by atoms with Gasteiger partial charge >= 0.3 is 18.1 Å². The SMILES string of the molecule is CC(C)[C@@H]1NC(=O)[C@@H](Cc2ccc(OCCCNC(=O)c3ccc(N/N=C/c4ccccc4S(=O)(=O)O)nc3)cc2)NC(=O)[C@H](CC(=O)O)NC(=O)CNC(=O)[C@H](CCCN=C(N)NC(=O)C(F)(F)F)NC1=O. The standard InChI is InChI=1S/C44H53F3N12O13S/c1-24(2)36-41(67)55-29(8-5-16-50-43(48)58-42(68)44(45,46)47)38(64)52-23-34(60)54-31(20-35(61)62)39(65)56-30(40(66)57-36)19-25-10-13-28(14-11-25)72-18-6-17-49-37(63)27-12-15-33(51-21-27)59-53-22-26-7-3-4-9-32(26)73(69,70)71/h3-4,7,9-15,21-22,24,29-31,36H,5-6,8,16-20,23H2,1-2H3,(H,49,63)(H,51,59)(H,52,64)(H,54,60)(H,55,67)(H,56,65)(H,57,66)(H,61,62)(H,69,70,71)(H3,48,50,58,68)/b53-22+/t29-,30+,31-,36-/m0/s1. The Bertz CT molecular complexity index is 2650. The minimum atomic E-state index is -5.23.